The Morgan fingerprint density at radius 3 is 1.55 bits per heavy atom. The van der Waals surface area contributed by atoms with Crippen molar-refractivity contribution >= 4 is 38.9 Å². The van der Waals surface area contributed by atoms with Crippen molar-refractivity contribution in [2.45, 2.75) is 5.41 Å². The smallest absolute Gasteiger partial charge is 0.0754 e. The van der Waals surface area contributed by atoms with Gasteiger partial charge in [-0.1, -0.05) is 212 Å². The van der Waals surface area contributed by atoms with E-state index in [0.717, 1.165) is 22.6 Å². The highest BCUT2D eigenvalue weighted by Crippen LogP contribution is 2.61. The zero-order valence-corrected chi connectivity index (χ0v) is 37.8. The minimum absolute atomic E-state index is 0.507. The van der Waals surface area contributed by atoms with Gasteiger partial charge in [0.15, 0.2) is 0 Å². The lowest BCUT2D eigenvalue weighted by atomic mass is 9.65. The Bertz CT molecular complexity index is 3940. The Balaban J connectivity index is 0.923. The molecule has 1 spiro atoms. The predicted octanol–water partition coefficient (Wildman–Crippen LogP) is 17.6. The molecule has 1 atom stereocenters. The zero-order valence-electron chi connectivity index (χ0n) is 37.8. The van der Waals surface area contributed by atoms with Crippen LogP contribution in [-0.4, -0.2) is 4.57 Å². The highest BCUT2D eigenvalue weighted by molar-refractivity contribution is 6.13. The van der Waals surface area contributed by atoms with Crippen molar-refractivity contribution in [1.82, 2.24) is 4.57 Å². The van der Waals surface area contributed by atoms with E-state index in [9.17, 15) is 0 Å². The van der Waals surface area contributed by atoms with Crippen LogP contribution >= 0.6 is 0 Å². The monoisotopic (exact) mass is 876 g/mol. The third kappa shape index (κ3) is 5.92. The van der Waals surface area contributed by atoms with E-state index in [-0.39, 0.29) is 0 Å². The van der Waals surface area contributed by atoms with E-state index >= 15 is 0 Å². The average Bonchev–Trinajstić information content (AvgIpc) is 3.92. The van der Waals surface area contributed by atoms with Gasteiger partial charge >= 0.3 is 0 Å². The van der Waals surface area contributed by atoms with Gasteiger partial charge in [0.1, 0.15) is 0 Å². The van der Waals surface area contributed by atoms with Crippen molar-refractivity contribution in [2.75, 3.05) is 4.90 Å². The number of anilines is 3. The van der Waals surface area contributed by atoms with E-state index in [2.05, 4.69) is 276 Å². The lowest BCUT2D eigenvalue weighted by Gasteiger charge is -2.39. The molecular weight excluding hydrogens is 833 g/mol. The van der Waals surface area contributed by atoms with E-state index < -0.39 is 5.41 Å². The summed E-state index contributed by atoms with van der Waals surface area (Å²) in [5.41, 5.74) is 23.9. The van der Waals surface area contributed by atoms with Crippen LogP contribution in [0.25, 0.3) is 83.1 Å². The average molecular weight is 877 g/mol. The molecule has 0 N–H and O–H groups in total. The van der Waals surface area contributed by atoms with E-state index in [1.807, 2.05) is 0 Å². The fourth-order valence-corrected chi connectivity index (χ4v) is 11.8. The predicted molar refractivity (Wildman–Crippen MR) is 288 cm³/mol. The number of nitrogens with zero attached hydrogens (tertiary/aromatic N) is 2. The quantitative estimate of drug-likeness (QED) is 0.155. The first-order valence-electron chi connectivity index (χ1n) is 23.9. The summed E-state index contributed by atoms with van der Waals surface area (Å²) in [5.74, 6) is 0. The van der Waals surface area contributed by atoms with E-state index in [4.69, 9.17) is 0 Å². The molecule has 2 nitrogen and oxygen atoms in total. The lowest BCUT2D eigenvalue weighted by molar-refractivity contribution is 0.749. The molecule has 2 aliphatic rings. The third-order valence-corrected chi connectivity index (χ3v) is 14.8. The Hall–Kier alpha value is -8.98. The maximum atomic E-state index is 2.52. The summed E-state index contributed by atoms with van der Waals surface area (Å²) < 4.78 is 2.52. The number of rotatable bonds is 7. The minimum atomic E-state index is -0.507. The van der Waals surface area contributed by atoms with Gasteiger partial charge in [0.05, 0.1) is 27.8 Å². The largest absolute Gasteiger partial charge is 0.310 e. The first-order chi connectivity index (χ1) is 34.2. The number of para-hydroxylation sites is 4. The van der Waals surface area contributed by atoms with Crippen molar-refractivity contribution in [3.8, 4) is 61.3 Å². The SMILES string of the molecule is c1ccc(-c2ccc(N(c3ccc(-c4ccc5c(c4)C4(c6ccccc6-5)c5ccccc5-n5c6ccccc6c6cccc4c65)cc3)c3ccccc3-c3cccc(-c4ccccc4)c3)cc2)cc1. The fourth-order valence-electron chi connectivity index (χ4n) is 11.8. The summed E-state index contributed by atoms with van der Waals surface area (Å²) in [6.45, 7) is 0. The highest BCUT2D eigenvalue weighted by Gasteiger charge is 2.50. The van der Waals surface area contributed by atoms with E-state index in [1.54, 1.807) is 0 Å². The second kappa shape index (κ2) is 15.6. The van der Waals surface area contributed by atoms with Crippen molar-refractivity contribution in [2.24, 2.45) is 0 Å². The van der Waals surface area contributed by atoms with Crippen LogP contribution in [0.2, 0.25) is 0 Å². The van der Waals surface area contributed by atoms with Crippen molar-refractivity contribution in [1.29, 1.82) is 0 Å². The van der Waals surface area contributed by atoms with Gasteiger partial charge in [0.25, 0.3) is 0 Å². The standard InChI is InChI=1S/C67H44N2/c1-3-17-45(18-4-1)47-33-38-52(39-34-47)68(63-30-12-8-23-54(63)51-22-15-21-49(43-51)46-19-5-2-6-20-46)53-40-35-48(36-41-53)50-37-42-56-55-24-7-10-27-59(55)67(62(56)44-50)60-28-11-14-32-65(60)69-64-31-13-9-25-57(64)58-26-16-29-61(67)66(58)69/h1-44H. The Morgan fingerprint density at radius 2 is 0.783 bits per heavy atom. The normalized spacial score (nSPS) is 14.1. The molecule has 1 unspecified atom stereocenters. The molecule has 2 heteroatoms. The number of hydrogen-bond acceptors (Lipinski definition) is 1. The molecule has 69 heavy (non-hydrogen) atoms. The minimum Gasteiger partial charge on any atom is -0.310 e. The molecule has 0 saturated heterocycles. The third-order valence-electron chi connectivity index (χ3n) is 14.8. The first kappa shape index (κ1) is 39.2. The van der Waals surface area contributed by atoms with Gasteiger partial charge in [0.2, 0.25) is 0 Å². The molecule has 0 amide bonds. The summed E-state index contributed by atoms with van der Waals surface area (Å²) in [6.07, 6.45) is 0. The van der Waals surface area contributed by atoms with Crippen LogP contribution in [0, 0.1) is 0 Å². The van der Waals surface area contributed by atoms with Gasteiger partial charge in [0, 0.05) is 27.7 Å². The zero-order chi connectivity index (χ0) is 45.5. The van der Waals surface area contributed by atoms with Gasteiger partial charge in [-0.2, -0.15) is 0 Å². The maximum absolute atomic E-state index is 2.52. The van der Waals surface area contributed by atoms with Crippen LogP contribution in [0.15, 0.2) is 267 Å². The molecule has 0 radical (unpaired) electrons. The molecule has 1 aromatic heterocycles. The topological polar surface area (TPSA) is 8.17 Å². The van der Waals surface area contributed by atoms with Crippen molar-refractivity contribution < 1.29 is 0 Å². The number of fused-ring (bicyclic) bond motifs is 12. The van der Waals surface area contributed by atoms with Gasteiger partial charge in [-0.15, -0.1) is 0 Å². The number of aromatic nitrogens is 1. The number of benzene rings is 11. The summed E-state index contributed by atoms with van der Waals surface area (Å²) in [7, 11) is 0. The van der Waals surface area contributed by atoms with Crippen LogP contribution < -0.4 is 4.90 Å². The van der Waals surface area contributed by atoms with Gasteiger partial charge in [-0.05, 0) is 127 Å². The summed E-state index contributed by atoms with van der Waals surface area (Å²) in [6, 6.07) is 98.5. The van der Waals surface area contributed by atoms with Crippen LogP contribution in [0.5, 0.6) is 0 Å². The molecule has 0 fully saturated rings. The Morgan fingerprint density at radius 1 is 0.290 bits per heavy atom. The molecule has 11 aromatic carbocycles. The summed E-state index contributed by atoms with van der Waals surface area (Å²) >= 11 is 0. The molecule has 14 rings (SSSR count). The van der Waals surface area contributed by atoms with Gasteiger partial charge in [-0.3, -0.25) is 0 Å². The van der Waals surface area contributed by atoms with Crippen LogP contribution in [-0.2, 0) is 5.41 Å². The van der Waals surface area contributed by atoms with Crippen LogP contribution in [0.1, 0.15) is 22.3 Å². The van der Waals surface area contributed by atoms with Crippen LogP contribution in [0.3, 0.4) is 0 Å². The molecule has 0 bridgehead atoms. The summed E-state index contributed by atoms with van der Waals surface area (Å²) in [5, 5.41) is 2.57. The molecule has 322 valence electrons. The summed E-state index contributed by atoms with van der Waals surface area (Å²) in [4.78, 5) is 2.41. The highest BCUT2D eigenvalue weighted by atomic mass is 15.1. The fraction of sp³-hybridized carbons (Fsp3) is 0.0149. The molecule has 2 heterocycles. The second-order valence-electron chi connectivity index (χ2n) is 18.4. The van der Waals surface area contributed by atoms with Gasteiger partial charge < -0.3 is 9.47 Å². The molecular formula is C67H44N2. The lowest BCUT2D eigenvalue weighted by Crippen LogP contribution is -2.33. The van der Waals surface area contributed by atoms with Crippen molar-refractivity contribution in [3.63, 3.8) is 0 Å². The Kier molecular flexibility index (Phi) is 8.84. The van der Waals surface area contributed by atoms with E-state index in [0.29, 0.717) is 0 Å². The van der Waals surface area contributed by atoms with Crippen LogP contribution in [0.4, 0.5) is 17.1 Å². The second-order valence-corrected chi connectivity index (χ2v) is 18.4. The maximum Gasteiger partial charge on any atom is 0.0754 e. The van der Waals surface area contributed by atoms with Gasteiger partial charge in [-0.25, -0.2) is 0 Å². The van der Waals surface area contributed by atoms with E-state index in [1.165, 1.54) is 99.8 Å². The van der Waals surface area contributed by atoms with Crippen molar-refractivity contribution in [3.05, 3.63) is 289 Å². The molecule has 1 aliphatic heterocycles. The molecule has 1 aliphatic carbocycles. The Labute approximate surface area is 402 Å². The first-order valence-corrected chi connectivity index (χ1v) is 23.9. The molecule has 12 aromatic rings. The number of hydrogen-bond donors (Lipinski definition) is 0. The molecule has 0 saturated carbocycles.